The summed E-state index contributed by atoms with van der Waals surface area (Å²) in [7, 11) is 0. The van der Waals surface area contributed by atoms with Crippen LogP contribution < -0.4 is 4.74 Å². The standard InChI is InChI=1S/C40H33BrO/c1-39(2,3)31-20-30(22-18-19-35-36-24(22)11-9-12-25(36)23-10-7-8-13-34(23)42-35)26-14-15-28-32(40(4,5)6)21-33(41)29-17-16-27(31)37(26)38(28)29/h7-21H,1-6H3. The van der Waals surface area contributed by atoms with Crippen molar-refractivity contribution in [2.75, 3.05) is 0 Å². The minimum atomic E-state index is -0.0322. The van der Waals surface area contributed by atoms with E-state index in [0.717, 1.165) is 21.5 Å². The molecule has 0 amide bonds. The first-order valence-electron chi connectivity index (χ1n) is 14.8. The van der Waals surface area contributed by atoms with Crippen LogP contribution in [-0.2, 0) is 10.8 Å². The lowest BCUT2D eigenvalue weighted by molar-refractivity contribution is 0.487. The Morgan fingerprint density at radius 3 is 1.79 bits per heavy atom. The molecule has 1 heterocycles. The topological polar surface area (TPSA) is 9.23 Å². The van der Waals surface area contributed by atoms with Crippen LogP contribution in [0.1, 0.15) is 52.7 Å². The number of hydrogen-bond donors (Lipinski definition) is 0. The summed E-state index contributed by atoms with van der Waals surface area (Å²) in [5, 5.41) is 10.4. The Morgan fingerprint density at radius 2 is 1.05 bits per heavy atom. The second kappa shape index (κ2) is 8.58. The second-order valence-electron chi connectivity index (χ2n) is 13.9. The highest BCUT2D eigenvalue weighted by molar-refractivity contribution is 9.10. The Bertz CT molecular complexity index is 2240. The number of hydrogen-bond acceptors (Lipinski definition) is 1. The molecule has 42 heavy (non-hydrogen) atoms. The maximum Gasteiger partial charge on any atom is 0.135 e. The zero-order valence-corrected chi connectivity index (χ0v) is 26.5. The molecule has 7 aromatic carbocycles. The summed E-state index contributed by atoms with van der Waals surface area (Å²) < 4.78 is 7.61. The lowest BCUT2D eigenvalue weighted by Gasteiger charge is -2.28. The second-order valence-corrected chi connectivity index (χ2v) is 14.7. The summed E-state index contributed by atoms with van der Waals surface area (Å²) >= 11 is 3.97. The first-order chi connectivity index (χ1) is 20.0. The maximum absolute atomic E-state index is 6.45. The molecular weight excluding hydrogens is 576 g/mol. The van der Waals surface area contributed by atoms with E-state index in [9.17, 15) is 0 Å². The minimum absolute atomic E-state index is 0.0208. The molecule has 1 nitrogen and oxygen atoms in total. The molecule has 0 aliphatic carbocycles. The molecule has 0 saturated carbocycles. The Morgan fingerprint density at radius 1 is 0.452 bits per heavy atom. The van der Waals surface area contributed by atoms with Crippen LogP contribution in [-0.4, -0.2) is 0 Å². The quantitative estimate of drug-likeness (QED) is 0.168. The van der Waals surface area contributed by atoms with Gasteiger partial charge in [0.1, 0.15) is 11.5 Å². The average Bonchev–Trinajstić information content (AvgIpc) is 2.95. The van der Waals surface area contributed by atoms with E-state index < -0.39 is 0 Å². The molecule has 0 fully saturated rings. The van der Waals surface area contributed by atoms with Crippen LogP contribution >= 0.6 is 15.9 Å². The summed E-state index contributed by atoms with van der Waals surface area (Å²) in [6.45, 7) is 13.9. The van der Waals surface area contributed by atoms with Crippen molar-refractivity contribution in [3.05, 3.63) is 107 Å². The van der Waals surface area contributed by atoms with Gasteiger partial charge in [0.2, 0.25) is 0 Å². The summed E-state index contributed by atoms with van der Waals surface area (Å²) in [6, 6.07) is 33.7. The fourth-order valence-corrected chi connectivity index (χ4v) is 7.79. The summed E-state index contributed by atoms with van der Waals surface area (Å²) in [4.78, 5) is 0. The maximum atomic E-state index is 6.45. The van der Waals surface area contributed by atoms with Gasteiger partial charge in [0.05, 0.1) is 0 Å². The van der Waals surface area contributed by atoms with Gasteiger partial charge in [0.15, 0.2) is 0 Å². The number of rotatable bonds is 1. The summed E-state index contributed by atoms with van der Waals surface area (Å²) in [5.74, 6) is 1.85. The van der Waals surface area contributed by atoms with E-state index in [2.05, 4.69) is 142 Å². The largest absolute Gasteiger partial charge is 0.456 e. The van der Waals surface area contributed by atoms with Gasteiger partial charge in [-0.05, 0) is 101 Å². The molecule has 0 bridgehead atoms. The van der Waals surface area contributed by atoms with E-state index in [4.69, 9.17) is 4.74 Å². The van der Waals surface area contributed by atoms with E-state index in [1.165, 1.54) is 70.9 Å². The van der Waals surface area contributed by atoms with Crippen molar-refractivity contribution in [1.29, 1.82) is 0 Å². The highest BCUT2D eigenvalue weighted by atomic mass is 79.9. The summed E-state index contributed by atoms with van der Waals surface area (Å²) in [6.07, 6.45) is 0. The molecule has 1 aliphatic rings. The van der Waals surface area contributed by atoms with Crippen molar-refractivity contribution < 1.29 is 4.74 Å². The molecule has 0 unspecified atom stereocenters. The number of halogens is 1. The van der Waals surface area contributed by atoms with Crippen molar-refractivity contribution in [1.82, 2.24) is 0 Å². The van der Waals surface area contributed by atoms with E-state index in [1.807, 2.05) is 6.07 Å². The number of fused-ring (bicyclic) bond motifs is 2. The molecular formula is C40H33BrO. The van der Waals surface area contributed by atoms with Crippen LogP contribution in [0.4, 0.5) is 0 Å². The Balaban J connectivity index is 1.54. The first kappa shape index (κ1) is 25.8. The van der Waals surface area contributed by atoms with E-state index in [-0.39, 0.29) is 10.8 Å². The van der Waals surface area contributed by atoms with Crippen LogP contribution in [0.25, 0.3) is 65.3 Å². The number of ether oxygens (including phenoxy) is 1. The highest BCUT2D eigenvalue weighted by Crippen LogP contribution is 2.51. The SMILES string of the molecule is CC(C)(C)c1cc(Br)c2ccc3c(C(C)(C)C)cc(-c4ccc5c6c(cccc46)-c4ccccc4O5)c4ccc1c2c43. The number of para-hydroxylation sites is 1. The molecule has 0 atom stereocenters. The zero-order chi connectivity index (χ0) is 29.1. The van der Waals surface area contributed by atoms with Crippen LogP contribution in [0, 0.1) is 0 Å². The lowest BCUT2D eigenvalue weighted by Crippen LogP contribution is -2.13. The number of benzene rings is 7. The third kappa shape index (κ3) is 3.54. The van der Waals surface area contributed by atoms with Gasteiger partial charge in [-0.2, -0.15) is 0 Å². The lowest BCUT2D eigenvalue weighted by atomic mass is 9.76. The van der Waals surface area contributed by atoms with Crippen molar-refractivity contribution in [3.8, 4) is 33.8 Å². The van der Waals surface area contributed by atoms with Gasteiger partial charge in [0.25, 0.3) is 0 Å². The molecule has 2 heteroatoms. The fraction of sp³-hybridized carbons (Fsp3) is 0.200. The van der Waals surface area contributed by atoms with Crippen LogP contribution in [0.15, 0.2) is 95.5 Å². The van der Waals surface area contributed by atoms with Gasteiger partial charge < -0.3 is 4.74 Å². The van der Waals surface area contributed by atoms with Crippen LogP contribution in [0.5, 0.6) is 11.5 Å². The van der Waals surface area contributed by atoms with Gasteiger partial charge in [0, 0.05) is 15.4 Å². The highest BCUT2D eigenvalue weighted by Gasteiger charge is 2.27. The van der Waals surface area contributed by atoms with Crippen LogP contribution in [0.3, 0.4) is 0 Å². The monoisotopic (exact) mass is 608 g/mol. The Hall–Kier alpha value is -3.88. The molecule has 0 N–H and O–H groups in total. The fourth-order valence-electron chi connectivity index (χ4n) is 7.23. The third-order valence-corrected chi connectivity index (χ3v) is 9.81. The minimum Gasteiger partial charge on any atom is -0.456 e. The van der Waals surface area contributed by atoms with E-state index >= 15 is 0 Å². The van der Waals surface area contributed by atoms with Gasteiger partial charge >= 0.3 is 0 Å². The molecule has 206 valence electrons. The van der Waals surface area contributed by atoms with Gasteiger partial charge in [-0.25, -0.2) is 0 Å². The molecule has 8 rings (SSSR count). The van der Waals surface area contributed by atoms with Crippen molar-refractivity contribution >= 4 is 59.0 Å². The van der Waals surface area contributed by atoms with Gasteiger partial charge in [-0.1, -0.05) is 124 Å². The van der Waals surface area contributed by atoms with Gasteiger partial charge in [-0.3, -0.25) is 0 Å². The smallest absolute Gasteiger partial charge is 0.135 e. The average molecular weight is 610 g/mol. The van der Waals surface area contributed by atoms with Crippen molar-refractivity contribution in [2.24, 2.45) is 0 Å². The zero-order valence-electron chi connectivity index (χ0n) is 24.9. The predicted octanol–water partition coefficient (Wildman–Crippen LogP) is 12.5. The predicted molar refractivity (Wildman–Crippen MR) is 184 cm³/mol. The molecule has 0 radical (unpaired) electrons. The van der Waals surface area contributed by atoms with Crippen LogP contribution in [0.2, 0.25) is 0 Å². The molecule has 7 aromatic rings. The molecule has 0 aromatic heterocycles. The molecule has 1 aliphatic heterocycles. The third-order valence-electron chi connectivity index (χ3n) is 9.15. The van der Waals surface area contributed by atoms with Crippen molar-refractivity contribution in [2.45, 2.75) is 52.4 Å². The van der Waals surface area contributed by atoms with Gasteiger partial charge in [-0.15, -0.1) is 0 Å². The summed E-state index contributed by atoms with van der Waals surface area (Å²) in [5.41, 5.74) is 7.65. The van der Waals surface area contributed by atoms with E-state index in [0.29, 0.717) is 0 Å². The molecule has 0 spiro atoms. The first-order valence-corrected chi connectivity index (χ1v) is 15.6. The normalized spacial score (nSPS) is 13.3. The van der Waals surface area contributed by atoms with E-state index in [1.54, 1.807) is 0 Å². The van der Waals surface area contributed by atoms with Crippen molar-refractivity contribution in [3.63, 3.8) is 0 Å². The Labute approximate surface area is 255 Å². The molecule has 0 saturated heterocycles. The Kier molecular flexibility index (Phi) is 5.27.